The van der Waals surface area contributed by atoms with Crippen LogP contribution in [0, 0.1) is 0 Å². The van der Waals surface area contributed by atoms with E-state index in [1.54, 1.807) is 38.4 Å². The summed E-state index contributed by atoms with van der Waals surface area (Å²) in [5.41, 5.74) is 0. The Labute approximate surface area is 101 Å². The molecule has 0 amide bonds. The maximum Gasteiger partial charge on any atom is 0.332 e. The largest absolute Gasteiger partial charge is 0.467 e. The van der Waals surface area contributed by atoms with E-state index in [1.165, 1.54) is 11.8 Å². The molecule has 0 aromatic heterocycles. The molecule has 6 heteroatoms. The van der Waals surface area contributed by atoms with Crippen LogP contribution in [0.2, 0.25) is 0 Å². The molecule has 5 nitrogen and oxygen atoms in total. The van der Waals surface area contributed by atoms with E-state index in [0.717, 1.165) is 0 Å². The smallest absolute Gasteiger partial charge is 0.332 e. The lowest BCUT2D eigenvalue weighted by Gasteiger charge is -2.24. The number of hydrogen-bond donors (Lipinski definition) is 0. The SMILES string of the molecule is COC(=O)COP(=O)(c1ccccc1)N(C)C. The monoisotopic (exact) mass is 257 g/mol. The van der Waals surface area contributed by atoms with E-state index in [2.05, 4.69) is 4.74 Å². The van der Waals surface area contributed by atoms with Crippen molar-refractivity contribution in [3.8, 4) is 0 Å². The van der Waals surface area contributed by atoms with Gasteiger partial charge in [0.2, 0.25) is 0 Å². The highest BCUT2D eigenvalue weighted by Gasteiger charge is 2.29. The van der Waals surface area contributed by atoms with Crippen LogP contribution in [-0.2, 0) is 18.6 Å². The molecule has 0 aliphatic heterocycles. The van der Waals surface area contributed by atoms with Gasteiger partial charge >= 0.3 is 13.5 Å². The Bertz CT molecular complexity index is 419. The molecule has 0 aliphatic carbocycles. The number of ether oxygens (including phenoxy) is 1. The van der Waals surface area contributed by atoms with E-state index in [1.807, 2.05) is 6.07 Å². The average molecular weight is 257 g/mol. The molecule has 1 aromatic rings. The molecular formula is C11H16NO4P. The van der Waals surface area contributed by atoms with Crippen molar-refractivity contribution < 1.29 is 18.6 Å². The van der Waals surface area contributed by atoms with Gasteiger partial charge in [0.1, 0.15) is 0 Å². The summed E-state index contributed by atoms with van der Waals surface area (Å²) in [7, 11) is 1.37. The minimum Gasteiger partial charge on any atom is -0.467 e. The molecular weight excluding hydrogens is 241 g/mol. The normalized spacial score (nSPS) is 14.4. The maximum atomic E-state index is 12.6. The molecule has 1 atom stereocenters. The summed E-state index contributed by atoms with van der Waals surface area (Å²) in [4.78, 5) is 11.0. The van der Waals surface area contributed by atoms with Crippen LogP contribution in [0.25, 0.3) is 0 Å². The minimum absolute atomic E-state index is 0.332. The third-order valence-electron chi connectivity index (χ3n) is 2.19. The molecule has 0 fully saturated rings. The van der Waals surface area contributed by atoms with E-state index in [-0.39, 0.29) is 6.61 Å². The lowest BCUT2D eigenvalue weighted by molar-refractivity contribution is -0.143. The van der Waals surface area contributed by atoms with Crippen molar-refractivity contribution in [2.75, 3.05) is 27.8 Å². The molecule has 0 radical (unpaired) electrons. The quantitative estimate of drug-likeness (QED) is 0.587. The number of nitrogens with zero attached hydrogens (tertiary/aromatic N) is 1. The van der Waals surface area contributed by atoms with Crippen LogP contribution in [-0.4, -0.2) is 38.5 Å². The van der Waals surface area contributed by atoms with Crippen LogP contribution in [0.5, 0.6) is 0 Å². The Balaban J connectivity index is 2.91. The summed E-state index contributed by atoms with van der Waals surface area (Å²) in [5, 5.41) is 0.550. The fraction of sp³-hybridized carbons (Fsp3) is 0.364. The van der Waals surface area contributed by atoms with Gasteiger partial charge in [-0.25, -0.2) is 9.46 Å². The predicted molar refractivity (Wildman–Crippen MR) is 65.3 cm³/mol. The minimum atomic E-state index is -3.18. The second-order valence-corrected chi connectivity index (χ2v) is 6.17. The molecule has 0 spiro atoms. The molecule has 0 N–H and O–H groups in total. The van der Waals surface area contributed by atoms with Crippen LogP contribution >= 0.6 is 7.52 Å². The molecule has 1 aromatic carbocycles. The van der Waals surface area contributed by atoms with Gasteiger partial charge in [-0.05, 0) is 26.2 Å². The molecule has 1 rings (SSSR count). The highest BCUT2D eigenvalue weighted by atomic mass is 31.2. The third-order valence-corrected chi connectivity index (χ3v) is 4.68. The first-order chi connectivity index (χ1) is 8.00. The zero-order valence-electron chi connectivity index (χ0n) is 10.1. The van der Waals surface area contributed by atoms with E-state index in [4.69, 9.17) is 4.52 Å². The Morgan fingerprint density at radius 2 is 1.88 bits per heavy atom. The standard InChI is InChI=1S/C11H16NO4P/c1-12(2)17(14,16-9-11(13)15-3)10-7-5-4-6-8-10/h4-8H,9H2,1-3H3. The highest BCUT2D eigenvalue weighted by molar-refractivity contribution is 7.64. The first-order valence-electron chi connectivity index (χ1n) is 5.05. The van der Waals surface area contributed by atoms with Crippen molar-refractivity contribution in [1.29, 1.82) is 0 Å². The summed E-state index contributed by atoms with van der Waals surface area (Å²) < 4.78 is 23.8. The average Bonchev–Trinajstić information content (AvgIpc) is 2.36. The lowest BCUT2D eigenvalue weighted by atomic mass is 10.4. The second kappa shape index (κ2) is 5.96. The fourth-order valence-corrected chi connectivity index (χ4v) is 2.91. The van der Waals surface area contributed by atoms with Gasteiger partial charge in [0.15, 0.2) is 6.61 Å². The number of esters is 1. The maximum absolute atomic E-state index is 12.6. The predicted octanol–water partition coefficient (Wildman–Crippen LogP) is 1.26. The van der Waals surface area contributed by atoms with Crippen molar-refractivity contribution in [3.63, 3.8) is 0 Å². The summed E-state index contributed by atoms with van der Waals surface area (Å²) in [6.07, 6.45) is 0. The number of benzene rings is 1. The highest BCUT2D eigenvalue weighted by Crippen LogP contribution is 2.47. The molecule has 0 aliphatic rings. The Hall–Kier alpha value is -1.16. The second-order valence-electron chi connectivity index (χ2n) is 3.55. The first-order valence-corrected chi connectivity index (χ1v) is 6.63. The van der Waals surface area contributed by atoms with Crippen LogP contribution in [0.3, 0.4) is 0 Å². The number of carbonyl (C=O) groups is 1. The van der Waals surface area contributed by atoms with Gasteiger partial charge in [-0.15, -0.1) is 0 Å². The summed E-state index contributed by atoms with van der Waals surface area (Å²) >= 11 is 0. The Morgan fingerprint density at radius 3 is 2.35 bits per heavy atom. The van der Waals surface area contributed by atoms with Gasteiger partial charge in [-0.2, -0.15) is 0 Å². The van der Waals surface area contributed by atoms with Gasteiger partial charge < -0.3 is 9.26 Å². The summed E-state index contributed by atoms with van der Waals surface area (Å²) in [6.45, 7) is -0.332. The van der Waals surface area contributed by atoms with Gasteiger partial charge in [0.25, 0.3) is 0 Å². The van der Waals surface area contributed by atoms with Gasteiger partial charge in [0.05, 0.1) is 12.4 Å². The van der Waals surface area contributed by atoms with E-state index >= 15 is 0 Å². The van der Waals surface area contributed by atoms with Crippen LogP contribution < -0.4 is 5.30 Å². The molecule has 0 heterocycles. The van der Waals surface area contributed by atoms with Crippen molar-refractivity contribution in [2.45, 2.75) is 0 Å². The summed E-state index contributed by atoms with van der Waals surface area (Å²) in [5.74, 6) is -0.553. The van der Waals surface area contributed by atoms with Crippen molar-refractivity contribution >= 4 is 18.8 Å². The number of carbonyl (C=O) groups excluding carboxylic acids is 1. The zero-order chi connectivity index (χ0) is 12.9. The Morgan fingerprint density at radius 1 is 1.29 bits per heavy atom. The van der Waals surface area contributed by atoms with Gasteiger partial charge in [-0.1, -0.05) is 18.2 Å². The molecule has 0 bridgehead atoms. The van der Waals surface area contributed by atoms with E-state index < -0.39 is 13.5 Å². The molecule has 17 heavy (non-hydrogen) atoms. The van der Waals surface area contributed by atoms with Gasteiger partial charge in [-0.3, -0.25) is 4.57 Å². The van der Waals surface area contributed by atoms with Crippen molar-refractivity contribution in [2.24, 2.45) is 0 Å². The number of hydrogen-bond acceptors (Lipinski definition) is 4. The molecule has 94 valence electrons. The van der Waals surface area contributed by atoms with Crippen molar-refractivity contribution in [3.05, 3.63) is 30.3 Å². The van der Waals surface area contributed by atoms with Gasteiger partial charge in [0, 0.05) is 0 Å². The zero-order valence-corrected chi connectivity index (χ0v) is 11.0. The number of rotatable bonds is 5. The molecule has 0 saturated carbocycles. The van der Waals surface area contributed by atoms with Crippen molar-refractivity contribution in [1.82, 2.24) is 4.67 Å². The topological polar surface area (TPSA) is 55.8 Å². The van der Waals surface area contributed by atoms with Crippen LogP contribution in [0.15, 0.2) is 30.3 Å². The molecule has 1 unspecified atom stereocenters. The van der Waals surface area contributed by atoms with Crippen LogP contribution in [0.1, 0.15) is 0 Å². The van der Waals surface area contributed by atoms with E-state index in [0.29, 0.717) is 5.30 Å². The van der Waals surface area contributed by atoms with E-state index in [9.17, 15) is 9.36 Å². The fourth-order valence-electron chi connectivity index (χ4n) is 1.24. The Kier molecular flexibility index (Phi) is 4.87. The number of methoxy groups -OCH3 is 1. The lowest BCUT2D eigenvalue weighted by Crippen LogP contribution is -2.23. The van der Waals surface area contributed by atoms with Crippen LogP contribution in [0.4, 0.5) is 0 Å². The summed E-state index contributed by atoms with van der Waals surface area (Å²) in [6, 6.07) is 8.78. The first kappa shape index (κ1) is 13.9. The third kappa shape index (κ3) is 3.40. The molecule has 0 saturated heterocycles.